The molecule has 0 radical (unpaired) electrons. The lowest BCUT2D eigenvalue weighted by atomic mass is 10.4. The number of carbonyl (C=O) groups is 2. The van der Waals surface area contributed by atoms with Gasteiger partial charge in [0.15, 0.2) is 5.69 Å². The van der Waals surface area contributed by atoms with Crippen LogP contribution in [0.2, 0.25) is 0 Å². The quantitative estimate of drug-likeness (QED) is 0.833. The number of carbonyl (C=O) groups excluding carboxylic acids is 1. The lowest BCUT2D eigenvalue weighted by Gasteiger charge is -1.98. The van der Waals surface area contributed by atoms with Crippen LogP contribution in [0.3, 0.4) is 0 Å². The zero-order chi connectivity index (χ0) is 12.3. The standard InChI is InChI=1S/C9H7N3O4S/c13-8(6-1-2-11-16-6)10-3-7-12-5(4-17-7)9(14)15/h1-2,4H,3H2,(H,10,13)(H,14,15). The molecule has 8 heteroatoms. The molecule has 0 saturated heterocycles. The first-order valence-corrected chi connectivity index (χ1v) is 5.41. The van der Waals surface area contributed by atoms with Gasteiger partial charge in [-0.05, 0) is 0 Å². The van der Waals surface area contributed by atoms with E-state index in [1.165, 1.54) is 17.6 Å². The Bertz CT molecular complexity index is 534. The number of amides is 1. The normalized spacial score (nSPS) is 10.1. The SMILES string of the molecule is O=C(O)c1csc(CNC(=O)c2ccno2)n1. The Balaban J connectivity index is 1.93. The molecular formula is C9H7N3O4S. The van der Waals surface area contributed by atoms with E-state index in [2.05, 4.69) is 20.0 Å². The summed E-state index contributed by atoms with van der Waals surface area (Å²) >= 11 is 1.16. The summed E-state index contributed by atoms with van der Waals surface area (Å²) in [6, 6.07) is 1.43. The zero-order valence-electron chi connectivity index (χ0n) is 8.41. The molecule has 0 atom stereocenters. The minimum Gasteiger partial charge on any atom is -0.476 e. The molecule has 0 aliphatic rings. The molecule has 2 heterocycles. The van der Waals surface area contributed by atoms with Gasteiger partial charge in [0.05, 0.1) is 12.7 Å². The molecule has 0 unspecified atom stereocenters. The summed E-state index contributed by atoms with van der Waals surface area (Å²) in [5.41, 5.74) is -0.0288. The number of hydrogen-bond donors (Lipinski definition) is 2. The molecule has 0 spiro atoms. The number of nitrogens with zero attached hydrogens (tertiary/aromatic N) is 2. The van der Waals surface area contributed by atoms with E-state index in [1.807, 2.05) is 0 Å². The Labute approximate surface area is 99.1 Å². The fourth-order valence-electron chi connectivity index (χ4n) is 1.07. The molecule has 0 aliphatic carbocycles. The number of thiazole rings is 1. The van der Waals surface area contributed by atoms with Gasteiger partial charge >= 0.3 is 5.97 Å². The van der Waals surface area contributed by atoms with Gasteiger partial charge in [-0.15, -0.1) is 11.3 Å². The summed E-state index contributed by atoms with van der Waals surface area (Å²) < 4.78 is 4.65. The molecule has 2 N–H and O–H groups in total. The van der Waals surface area contributed by atoms with E-state index in [0.717, 1.165) is 11.3 Å². The van der Waals surface area contributed by atoms with E-state index in [9.17, 15) is 9.59 Å². The molecule has 2 rings (SSSR count). The molecule has 0 aliphatic heterocycles. The van der Waals surface area contributed by atoms with Gasteiger partial charge in [0.1, 0.15) is 5.01 Å². The Kier molecular flexibility index (Phi) is 3.15. The van der Waals surface area contributed by atoms with Gasteiger partial charge in [0.2, 0.25) is 5.76 Å². The van der Waals surface area contributed by atoms with E-state index in [-0.39, 0.29) is 18.0 Å². The minimum atomic E-state index is -1.09. The second kappa shape index (κ2) is 4.74. The number of carboxylic acids is 1. The van der Waals surface area contributed by atoms with Crippen LogP contribution in [-0.2, 0) is 6.54 Å². The highest BCUT2D eigenvalue weighted by atomic mass is 32.1. The molecule has 7 nitrogen and oxygen atoms in total. The highest BCUT2D eigenvalue weighted by Crippen LogP contribution is 2.09. The van der Waals surface area contributed by atoms with Gasteiger partial charge in [-0.25, -0.2) is 9.78 Å². The third kappa shape index (κ3) is 2.67. The van der Waals surface area contributed by atoms with Crippen LogP contribution in [0.15, 0.2) is 22.2 Å². The average Bonchev–Trinajstić information content (AvgIpc) is 2.97. The summed E-state index contributed by atoms with van der Waals surface area (Å²) in [4.78, 5) is 25.8. The maximum atomic E-state index is 11.4. The van der Waals surface area contributed by atoms with Crippen molar-refractivity contribution < 1.29 is 19.2 Å². The Morgan fingerprint density at radius 3 is 2.94 bits per heavy atom. The first kappa shape index (κ1) is 11.3. The van der Waals surface area contributed by atoms with E-state index >= 15 is 0 Å². The van der Waals surface area contributed by atoms with Gasteiger partial charge in [-0.2, -0.15) is 0 Å². The summed E-state index contributed by atoms with van der Waals surface area (Å²) in [6.07, 6.45) is 1.36. The van der Waals surface area contributed by atoms with Crippen LogP contribution >= 0.6 is 11.3 Å². The minimum absolute atomic E-state index is 0.0288. The predicted octanol–water partition coefficient (Wildman–Crippen LogP) is 0.759. The second-order valence-electron chi connectivity index (χ2n) is 2.99. The van der Waals surface area contributed by atoms with Crippen molar-refractivity contribution in [2.24, 2.45) is 0 Å². The number of rotatable bonds is 4. The van der Waals surface area contributed by atoms with Crippen LogP contribution in [0.4, 0.5) is 0 Å². The van der Waals surface area contributed by atoms with Gasteiger partial charge in [-0.3, -0.25) is 4.79 Å². The van der Waals surface area contributed by atoms with Crippen LogP contribution in [0.25, 0.3) is 0 Å². The van der Waals surface area contributed by atoms with E-state index < -0.39 is 11.9 Å². The van der Waals surface area contributed by atoms with Gasteiger partial charge < -0.3 is 14.9 Å². The third-order valence-corrected chi connectivity index (χ3v) is 2.68. The molecule has 0 bridgehead atoms. The summed E-state index contributed by atoms with van der Waals surface area (Å²) in [6.45, 7) is 0.150. The summed E-state index contributed by atoms with van der Waals surface area (Å²) in [5.74, 6) is -1.41. The van der Waals surface area contributed by atoms with E-state index in [1.54, 1.807) is 0 Å². The van der Waals surface area contributed by atoms with Crippen molar-refractivity contribution in [2.75, 3.05) is 0 Å². The van der Waals surface area contributed by atoms with Crippen LogP contribution in [-0.4, -0.2) is 27.1 Å². The first-order chi connectivity index (χ1) is 8.16. The van der Waals surface area contributed by atoms with Crippen LogP contribution in [0.5, 0.6) is 0 Å². The predicted molar refractivity (Wildman–Crippen MR) is 56.7 cm³/mol. The van der Waals surface area contributed by atoms with Gasteiger partial charge in [0.25, 0.3) is 5.91 Å². The zero-order valence-corrected chi connectivity index (χ0v) is 9.23. The molecule has 88 valence electrons. The topological polar surface area (TPSA) is 105 Å². The van der Waals surface area contributed by atoms with E-state index in [0.29, 0.717) is 5.01 Å². The van der Waals surface area contributed by atoms with Crippen LogP contribution in [0, 0.1) is 0 Å². The Morgan fingerprint density at radius 2 is 2.35 bits per heavy atom. The van der Waals surface area contributed by atoms with Crippen molar-refractivity contribution >= 4 is 23.2 Å². The molecule has 2 aromatic heterocycles. The maximum Gasteiger partial charge on any atom is 0.355 e. The lowest BCUT2D eigenvalue weighted by molar-refractivity contribution is 0.0691. The Morgan fingerprint density at radius 1 is 1.53 bits per heavy atom. The molecule has 0 aromatic carbocycles. The maximum absolute atomic E-state index is 11.4. The van der Waals surface area contributed by atoms with Crippen molar-refractivity contribution in [1.29, 1.82) is 0 Å². The molecular weight excluding hydrogens is 246 g/mol. The van der Waals surface area contributed by atoms with Crippen LogP contribution in [0.1, 0.15) is 26.1 Å². The van der Waals surface area contributed by atoms with Gasteiger partial charge in [-0.1, -0.05) is 5.16 Å². The number of carboxylic acid groups (broad SMARTS) is 1. The first-order valence-electron chi connectivity index (χ1n) is 4.53. The fraction of sp³-hybridized carbons (Fsp3) is 0.111. The molecule has 0 fully saturated rings. The smallest absolute Gasteiger partial charge is 0.355 e. The van der Waals surface area contributed by atoms with Crippen molar-refractivity contribution in [2.45, 2.75) is 6.54 Å². The van der Waals surface area contributed by atoms with Crippen molar-refractivity contribution in [3.63, 3.8) is 0 Å². The van der Waals surface area contributed by atoms with E-state index in [4.69, 9.17) is 5.11 Å². The summed E-state index contributed by atoms with van der Waals surface area (Å²) in [7, 11) is 0. The fourth-order valence-corrected chi connectivity index (χ4v) is 1.77. The number of aromatic nitrogens is 2. The number of aromatic carboxylic acids is 1. The summed E-state index contributed by atoms with van der Waals surface area (Å²) in [5, 5.41) is 16.5. The average molecular weight is 253 g/mol. The highest BCUT2D eigenvalue weighted by Gasteiger charge is 2.12. The third-order valence-electron chi connectivity index (χ3n) is 1.83. The highest BCUT2D eigenvalue weighted by molar-refractivity contribution is 7.09. The molecule has 0 saturated carbocycles. The van der Waals surface area contributed by atoms with Crippen LogP contribution < -0.4 is 5.32 Å². The van der Waals surface area contributed by atoms with Crippen molar-refractivity contribution in [3.05, 3.63) is 34.1 Å². The lowest BCUT2D eigenvalue weighted by Crippen LogP contribution is -2.22. The molecule has 2 aromatic rings. The van der Waals surface area contributed by atoms with Crippen molar-refractivity contribution in [1.82, 2.24) is 15.5 Å². The van der Waals surface area contributed by atoms with Crippen molar-refractivity contribution in [3.8, 4) is 0 Å². The number of hydrogen-bond acceptors (Lipinski definition) is 6. The molecule has 17 heavy (non-hydrogen) atoms. The number of nitrogens with one attached hydrogen (secondary N) is 1. The largest absolute Gasteiger partial charge is 0.476 e. The molecule has 1 amide bonds. The van der Waals surface area contributed by atoms with Gasteiger partial charge in [0, 0.05) is 11.4 Å². The second-order valence-corrected chi connectivity index (χ2v) is 3.93. The monoisotopic (exact) mass is 253 g/mol. The Hall–Kier alpha value is -2.22.